The molecule has 0 fully saturated rings. The Morgan fingerprint density at radius 2 is 1.54 bits per heavy atom. The molecule has 0 aliphatic rings. The molecule has 0 aliphatic carbocycles. The lowest BCUT2D eigenvalue weighted by atomic mass is 10.0. The number of benzene rings is 2. The molecule has 0 saturated heterocycles. The summed E-state index contributed by atoms with van der Waals surface area (Å²) >= 11 is 0. The molecule has 0 unspecified atom stereocenters. The first kappa shape index (κ1) is 18.5. The highest BCUT2D eigenvalue weighted by molar-refractivity contribution is 6.78. The van der Waals surface area contributed by atoms with Crippen LogP contribution >= 0.6 is 0 Å². The Balaban J connectivity index is 2.56. The maximum atomic E-state index is 11.5. The molecule has 0 aromatic heterocycles. The third-order valence-corrected chi connectivity index (χ3v) is 11.1. The number of aromatic carboxylic acids is 1. The van der Waals surface area contributed by atoms with Crippen molar-refractivity contribution < 1.29 is 14.3 Å². The Morgan fingerprint density at radius 1 is 0.958 bits per heavy atom. The molecule has 0 heterocycles. The van der Waals surface area contributed by atoms with E-state index in [2.05, 4.69) is 41.5 Å². The molecule has 2 aromatic rings. The van der Waals surface area contributed by atoms with Crippen molar-refractivity contribution in [1.29, 1.82) is 0 Å². The lowest BCUT2D eigenvalue weighted by Crippen LogP contribution is -2.50. The van der Waals surface area contributed by atoms with E-state index in [4.69, 9.17) is 4.43 Å². The number of carbonyl (C=O) groups is 1. The van der Waals surface area contributed by atoms with Crippen LogP contribution in [0.5, 0.6) is 5.75 Å². The predicted molar refractivity (Wildman–Crippen MR) is 103 cm³/mol. The largest absolute Gasteiger partial charge is 0.543 e. The quantitative estimate of drug-likeness (QED) is 0.645. The third-order valence-electron chi connectivity index (χ3n) is 5.09. The van der Waals surface area contributed by atoms with E-state index in [-0.39, 0.29) is 0 Å². The van der Waals surface area contributed by atoms with Crippen molar-refractivity contribution in [2.75, 3.05) is 0 Å². The van der Waals surface area contributed by atoms with Gasteiger partial charge in [0.05, 0.1) is 5.56 Å². The Bertz CT molecular complexity index is 713. The van der Waals surface area contributed by atoms with Crippen molar-refractivity contribution in [2.24, 2.45) is 0 Å². The van der Waals surface area contributed by atoms with Gasteiger partial charge in [0.25, 0.3) is 8.32 Å². The van der Waals surface area contributed by atoms with Crippen molar-refractivity contribution in [3.63, 3.8) is 0 Å². The van der Waals surface area contributed by atoms with E-state index in [1.165, 1.54) is 0 Å². The van der Waals surface area contributed by atoms with Crippen LogP contribution in [0.4, 0.5) is 0 Å². The van der Waals surface area contributed by atoms with Crippen molar-refractivity contribution in [3.8, 4) is 5.75 Å². The number of hydrogen-bond acceptors (Lipinski definition) is 2. The van der Waals surface area contributed by atoms with E-state index in [0.29, 0.717) is 22.2 Å². The molecule has 0 spiro atoms. The summed E-state index contributed by atoms with van der Waals surface area (Å²) in [5.74, 6) is -0.114. The van der Waals surface area contributed by atoms with Crippen LogP contribution in [0.1, 0.15) is 51.9 Å². The number of fused-ring (bicyclic) bond motifs is 1. The minimum atomic E-state index is -2.05. The molecule has 2 rings (SSSR count). The standard InChI is InChI=1S/C20H28O3Si/c1-13(2)24(14(3)4,15(5)6)23-17-11-10-16-8-7-9-18(20(21)22)19(16)12-17/h7-15H,1-6H3,(H,21,22). The molecule has 24 heavy (non-hydrogen) atoms. The summed E-state index contributed by atoms with van der Waals surface area (Å²) in [6.07, 6.45) is 0. The number of carboxylic acid groups (broad SMARTS) is 1. The summed E-state index contributed by atoms with van der Waals surface area (Å²) < 4.78 is 6.68. The van der Waals surface area contributed by atoms with Gasteiger partial charge in [-0.1, -0.05) is 59.7 Å². The summed E-state index contributed by atoms with van der Waals surface area (Å²) in [6, 6.07) is 11.2. The fourth-order valence-corrected chi connectivity index (χ4v) is 9.30. The number of carboxylic acids is 1. The number of rotatable bonds is 6. The first-order chi connectivity index (χ1) is 11.2. The van der Waals surface area contributed by atoms with E-state index >= 15 is 0 Å². The highest BCUT2D eigenvalue weighted by atomic mass is 28.4. The van der Waals surface area contributed by atoms with Crippen molar-refractivity contribution in [2.45, 2.75) is 58.2 Å². The van der Waals surface area contributed by atoms with Gasteiger partial charge >= 0.3 is 5.97 Å². The molecular formula is C20H28O3Si. The van der Waals surface area contributed by atoms with Crippen LogP contribution in [0.15, 0.2) is 36.4 Å². The molecule has 1 N–H and O–H groups in total. The molecule has 0 radical (unpaired) electrons. The van der Waals surface area contributed by atoms with Crippen LogP contribution < -0.4 is 4.43 Å². The van der Waals surface area contributed by atoms with Gasteiger partial charge in [-0.05, 0) is 45.6 Å². The zero-order valence-electron chi connectivity index (χ0n) is 15.5. The van der Waals surface area contributed by atoms with Gasteiger partial charge in [-0.15, -0.1) is 0 Å². The Labute approximate surface area is 145 Å². The van der Waals surface area contributed by atoms with E-state index in [1.807, 2.05) is 24.3 Å². The minimum Gasteiger partial charge on any atom is -0.543 e. The molecule has 2 aromatic carbocycles. The van der Waals surface area contributed by atoms with Crippen LogP contribution in [-0.2, 0) is 0 Å². The zero-order chi connectivity index (χ0) is 18.1. The molecule has 0 amide bonds. The van der Waals surface area contributed by atoms with Crippen LogP contribution in [-0.4, -0.2) is 19.4 Å². The predicted octanol–water partition coefficient (Wildman–Crippen LogP) is 6.09. The summed E-state index contributed by atoms with van der Waals surface area (Å²) in [5, 5.41) is 11.1. The topological polar surface area (TPSA) is 46.5 Å². The summed E-state index contributed by atoms with van der Waals surface area (Å²) in [5.41, 5.74) is 1.75. The molecule has 0 aliphatic heterocycles. The fourth-order valence-electron chi connectivity index (χ4n) is 4.06. The van der Waals surface area contributed by atoms with E-state index in [1.54, 1.807) is 12.1 Å². The maximum absolute atomic E-state index is 11.5. The van der Waals surface area contributed by atoms with Crippen LogP contribution in [0.3, 0.4) is 0 Å². The summed E-state index contributed by atoms with van der Waals surface area (Å²) in [7, 11) is -2.05. The van der Waals surface area contributed by atoms with Crippen molar-refractivity contribution in [3.05, 3.63) is 42.0 Å². The van der Waals surface area contributed by atoms with Crippen LogP contribution in [0, 0.1) is 0 Å². The van der Waals surface area contributed by atoms with Crippen molar-refractivity contribution in [1.82, 2.24) is 0 Å². The average molecular weight is 345 g/mol. The summed E-state index contributed by atoms with van der Waals surface area (Å²) in [4.78, 5) is 11.5. The smallest absolute Gasteiger partial charge is 0.336 e. The van der Waals surface area contributed by atoms with Crippen LogP contribution in [0.2, 0.25) is 16.6 Å². The normalized spacial score (nSPS) is 12.4. The first-order valence-electron chi connectivity index (χ1n) is 8.65. The van der Waals surface area contributed by atoms with Gasteiger partial charge in [-0.2, -0.15) is 0 Å². The zero-order valence-corrected chi connectivity index (χ0v) is 16.5. The lowest BCUT2D eigenvalue weighted by Gasteiger charge is -2.42. The third kappa shape index (κ3) is 3.20. The molecule has 0 bridgehead atoms. The SMILES string of the molecule is CC(C)[Si](Oc1ccc2cccc(C(=O)O)c2c1)(C(C)C)C(C)C. The second-order valence-corrected chi connectivity index (χ2v) is 12.8. The second-order valence-electron chi connectivity index (χ2n) is 7.41. The molecule has 3 nitrogen and oxygen atoms in total. The molecule has 4 heteroatoms. The second kappa shape index (κ2) is 6.97. The number of hydrogen-bond donors (Lipinski definition) is 1. The van der Waals surface area contributed by atoms with Gasteiger partial charge in [0, 0.05) is 0 Å². The van der Waals surface area contributed by atoms with Gasteiger partial charge in [-0.3, -0.25) is 0 Å². The van der Waals surface area contributed by atoms with Gasteiger partial charge in [0.15, 0.2) is 0 Å². The highest BCUT2D eigenvalue weighted by Gasteiger charge is 2.47. The van der Waals surface area contributed by atoms with E-state index < -0.39 is 14.3 Å². The molecule has 0 saturated carbocycles. The van der Waals surface area contributed by atoms with E-state index in [9.17, 15) is 9.90 Å². The molecule has 0 atom stereocenters. The Morgan fingerprint density at radius 3 is 2.04 bits per heavy atom. The molecular weight excluding hydrogens is 316 g/mol. The fraction of sp³-hybridized carbons (Fsp3) is 0.450. The Hall–Kier alpha value is -1.81. The van der Waals surface area contributed by atoms with Gasteiger partial charge < -0.3 is 9.53 Å². The Kier molecular flexibility index (Phi) is 5.38. The lowest BCUT2D eigenvalue weighted by molar-refractivity contribution is 0.0699. The van der Waals surface area contributed by atoms with Gasteiger partial charge in [0.2, 0.25) is 0 Å². The van der Waals surface area contributed by atoms with Gasteiger partial charge in [0.1, 0.15) is 5.75 Å². The summed E-state index contributed by atoms with van der Waals surface area (Å²) in [6.45, 7) is 13.5. The highest BCUT2D eigenvalue weighted by Crippen LogP contribution is 2.43. The van der Waals surface area contributed by atoms with Gasteiger partial charge in [-0.25, -0.2) is 4.79 Å². The van der Waals surface area contributed by atoms with Crippen molar-refractivity contribution >= 4 is 25.1 Å². The molecule has 130 valence electrons. The average Bonchev–Trinajstić information content (AvgIpc) is 2.50. The van der Waals surface area contributed by atoms with E-state index in [0.717, 1.165) is 16.5 Å². The van der Waals surface area contributed by atoms with Crippen LogP contribution in [0.25, 0.3) is 10.8 Å². The first-order valence-corrected chi connectivity index (χ1v) is 10.8. The monoisotopic (exact) mass is 344 g/mol. The minimum absolute atomic E-state index is 0.323. The maximum Gasteiger partial charge on any atom is 0.336 e.